The van der Waals surface area contributed by atoms with Gasteiger partial charge in [-0.05, 0) is 32.7 Å². The van der Waals surface area contributed by atoms with Crippen LogP contribution in [0.1, 0.15) is 23.2 Å². The molecule has 2 rings (SSSR count). The number of aryl methyl sites for hydroxylation is 1. The molecule has 18 heavy (non-hydrogen) atoms. The fourth-order valence-electron chi connectivity index (χ4n) is 2.62. The molecule has 0 aromatic carbocycles. The molecule has 1 aromatic heterocycles. The van der Waals surface area contributed by atoms with Crippen LogP contribution in [0, 0.1) is 19.8 Å². The highest BCUT2D eigenvalue weighted by atomic mass is 35.5. The van der Waals surface area contributed by atoms with Gasteiger partial charge in [-0.2, -0.15) is 0 Å². The van der Waals surface area contributed by atoms with Crippen LogP contribution in [0.4, 0.5) is 0 Å². The molecular weight excluding hydrogens is 248 g/mol. The second-order valence-corrected chi connectivity index (χ2v) is 5.40. The van der Waals surface area contributed by atoms with Crippen molar-refractivity contribution in [3.05, 3.63) is 23.0 Å². The van der Waals surface area contributed by atoms with Gasteiger partial charge >= 0.3 is 0 Å². The van der Waals surface area contributed by atoms with E-state index in [1.54, 1.807) is 7.11 Å². The minimum Gasteiger partial charge on any atom is -0.496 e. The maximum absolute atomic E-state index is 5.91. The summed E-state index contributed by atoms with van der Waals surface area (Å²) < 4.78 is 5.44. The SMILES string of the molecule is COc1c(C)cnc(CN2CCC(CCl)C2)c1C. The van der Waals surface area contributed by atoms with E-state index in [9.17, 15) is 0 Å². The Bertz CT molecular complexity index is 423. The standard InChI is InChI=1S/C14H21ClN2O/c1-10-7-16-13(11(2)14(10)18-3)9-17-5-4-12(6-15)8-17/h7,12H,4-6,8-9H2,1-3H3. The Morgan fingerprint density at radius 1 is 1.50 bits per heavy atom. The van der Waals surface area contributed by atoms with E-state index in [1.807, 2.05) is 13.1 Å². The summed E-state index contributed by atoms with van der Waals surface area (Å²) in [5.74, 6) is 2.37. The normalized spacial score (nSPS) is 20.3. The summed E-state index contributed by atoms with van der Waals surface area (Å²) in [5.41, 5.74) is 3.37. The molecule has 0 spiro atoms. The number of alkyl halides is 1. The molecule has 0 N–H and O–H groups in total. The van der Waals surface area contributed by atoms with Crippen molar-refractivity contribution in [1.29, 1.82) is 0 Å². The van der Waals surface area contributed by atoms with Crippen molar-refractivity contribution in [1.82, 2.24) is 9.88 Å². The second kappa shape index (κ2) is 5.89. The number of nitrogens with zero attached hydrogens (tertiary/aromatic N) is 2. The topological polar surface area (TPSA) is 25.4 Å². The minimum atomic E-state index is 0.638. The van der Waals surface area contributed by atoms with Gasteiger partial charge in [0.25, 0.3) is 0 Å². The van der Waals surface area contributed by atoms with Crippen LogP contribution in [0.2, 0.25) is 0 Å². The lowest BCUT2D eigenvalue weighted by atomic mass is 10.1. The summed E-state index contributed by atoms with van der Waals surface area (Å²) in [6, 6.07) is 0. The Morgan fingerprint density at radius 3 is 2.89 bits per heavy atom. The molecule has 1 unspecified atom stereocenters. The third-order valence-electron chi connectivity index (χ3n) is 3.71. The lowest BCUT2D eigenvalue weighted by Gasteiger charge is -2.18. The summed E-state index contributed by atoms with van der Waals surface area (Å²) in [7, 11) is 1.72. The molecule has 1 fully saturated rings. The van der Waals surface area contributed by atoms with E-state index in [4.69, 9.17) is 16.3 Å². The van der Waals surface area contributed by atoms with Crippen LogP contribution in [-0.2, 0) is 6.54 Å². The van der Waals surface area contributed by atoms with Crippen LogP contribution < -0.4 is 4.74 Å². The van der Waals surface area contributed by atoms with E-state index in [0.29, 0.717) is 5.92 Å². The molecule has 1 atom stereocenters. The molecule has 4 heteroatoms. The maximum Gasteiger partial charge on any atom is 0.128 e. The molecule has 1 aliphatic rings. The third kappa shape index (κ3) is 2.78. The van der Waals surface area contributed by atoms with E-state index in [0.717, 1.165) is 48.1 Å². The first-order valence-electron chi connectivity index (χ1n) is 6.43. The second-order valence-electron chi connectivity index (χ2n) is 5.09. The minimum absolute atomic E-state index is 0.638. The van der Waals surface area contributed by atoms with Gasteiger partial charge in [-0.15, -0.1) is 11.6 Å². The van der Waals surface area contributed by atoms with E-state index in [1.165, 1.54) is 6.42 Å². The average Bonchev–Trinajstić information content (AvgIpc) is 2.81. The van der Waals surface area contributed by atoms with Gasteiger partial charge in [-0.3, -0.25) is 9.88 Å². The monoisotopic (exact) mass is 268 g/mol. The number of pyridine rings is 1. The summed E-state index contributed by atoms with van der Waals surface area (Å²) in [4.78, 5) is 6.97. The first-order valence-corrected chi connectivity index (χ1v) is 6.96. The van der Waals surface area contributed by atoms with Crippen LogP contribution in [0.3, 0.4) is 0 Å². The predicted octanol–water partition coefficient (Wildman–Crippen LogP) is 2.77. The van der Waals surface area contributed by atoms with Crippen LogP contribution in [0.25, 0.3) is 0 Å². The molecule has 0 amide bonds. The first kappa shape index (κ1) is 13.6. The summed E-state index contributed by atoms with van der Waals surface area (Å²) in [6.07, 6.45) is 3.10. The van der Waals surface area contributed by atoms with Crippen molar-refractivity contribution in [2.24, 2.45) is 5.92 Å². The molecule has 100 valence electrons. The molecule has 0 aliphatic carbocycles. The molecule has 1 saturated heterocycles. The molecule has 0 saturated carbocycles. The number of aromatic nitrogens is 1. The summed E-state index contributed by atoms with van der Waals surface area (Å²) >= 11 is 5.91. The van der Waals surface area contributed by atoms with Gasteiger partial charge < -0.3 is 4.74 Å². The van der Waals surface area contributed by atoms with Crippen LogP contribution >= 0.6 is 11.6 Å². The van der Waals surface area contributed by atoms with E-state index >= 15 is 0 Å². The molecule has 1 aliphatic heterocycles. The largest absolute Gasteiger partial charge is 0.496 e. The van der Waals surface area contributed by atoms with Gasteiger partial charge in [0.1, 0.15) is 5.75 Å². The Hall–Kier alpha value is -0.800. The summed E-state index contributed by atoms with van der Waals surface area (Å²) in [6.45, 7) is 7.22. The number of halogens is 1. The zero-order valence-corrected chi connectivity index (χ0v) is 12.1. The highest BCUT2D eigenvalue weighted by Crippen LogP contribution is 2.26. The number of rotatable bonds is 4. The van der Waals surface area contributed by atoms with Crippen LogP contribution in [0.5, 0.6) is 5.75 Å². The zero-order chi connectivity index (χ0) is 13.1. The third-order valence-corrected chi connectivity index (χ3v) is 4.15. The van der Waals surface area contributed by atoms with Gasteiger partial charge in [0.05, 0.1) is 12.8 Å². The number of methoxy groups -OCH3 is 1. The van der Waals surface area contributed by atoms with Gasteiger partial charge in [0.2, 0.25) is 0 Å². The Kier molecular flexibility index (Phi) is 4.46. The van der Waals surface area contributed by atoms with Gasteiger partial charge in [0, 0.05) is 36.3 Å². The fraction of sp³-hybridized carbons (Fsp3) is 0.643. The van der Waals surface area contributed by atoms with Gasteiger partial charge in [0.15, 0.2) is 0 Å². The van der Waals surface area contributed by atoms with Crippen molar-refractivity contribution in [3.8, 4) is 5.75 Å². The van der Waals surface area contributed by atoms with Crippen LogP contribution in [0.15, 0.2) is 6.20 Å². The van der Waals surface area contributed by atoms with E-state index in [2.05, 4.69) is 16.8 Å². The van der Waals surface area contributed by atoms with Crippen molar-refractivity contribution in [3.63, 3.8) is 0 Å². The molecule has 0 radical (unpaired) electrons. The fourth-order valence-corrected chi connectivity index (χ4v) is 2.88. The summed E-state index contributed by atoms with van der Waals surface area (Å²) in [5, 5.41) is 0. The van der Waals surface area contributed by atoms with Crippen molar-refractivity contribution in [2.75, 3.05) is 26.1 Å². The number of ether oxygens (including phenoxy) is 1. The molecule has 3 nitrogen and oxygen atoms in total. The maximum atomic E-state index is 5.91. The average molecular weight is 269 g/mol. The van der Waals surface area contributed by atoms with Crippen molar-refractivity contribution in [2.45, 2.75) is 26.8 Å². The van der Waals surface area contributed by atoms with Crippen molar-refractivity contribution < 1.29 is 4.74 Å². The number of likely N-dealkylation sites (tertiary alicyclic amines) is 1. The lowest BCUT2D eigenvalue weighted by Crippen LogP contribution is -2.22. The highest BCUT2D eigenvalue weighted by molar-refractivity contribution is 6.18. The van der Waals surface area contributed by atoms with E-state index < -0.39 is 0 Å². The Labute approximate surface area is 114 Å². The zero-order valence-electron chi connectivity index (χ0n) is 11.4. The highest BCUT2D eigenvalue weighted by Gasteiger charge is 2.23. The lowest BCUT2D eigenvalue weighted by molar-refractivity contribution is 0.314. The molecule has 0 bridgehead atoms. The molecule has 2 heterocycles. The molecular formula is C14H21ClN2O. The first-order chi connectivity index (χ1) is 8.65. The van der Waals surface area contributed by atoms with Gasteiger partial charge in [-0.25, -0.2) is 0 Å². The Morgan fingerprint density at radius 2 is 2.28 bits per heavy atom. The quantitative estimate of drug-likeness (QED) is 0.785. The Balaban J connectivity index is 2.10. The van der Waals surface area contributed by atoms with Gasteiger partial charge in [-0.1, -0.05) is 0 Å². The van der Waals surface area contributed by atoms with Crippen LogP contribution in [-0.4, -0.2) is 36.0 Å². The van der Waals surface area contributed by atoms with Crippen molar-refractivity contribution >= 4 is 11.6 Å². The smallest absolute Gasteiger partial charge is 0.128 e. The predicted molar refractivity (Wildman–Crippen MR) is 74.4 cm³/mol. The number of hydrogen-bond donors (Lipinski definition) is 0. The van der Waals surface area contributed by atoms with E-state index in [-0.39, 0.29) is 0 Å². The number of hydrogen-bond acceptors (Lipinski definition) is 3. The molecule has 1 aromatic rings.